The molecule has 3 heteroatoms. The van der Waals surface area contributed by atoms with Gasteiger partial charge in [0.15, 0.2) is 5.78 Å². The van der Waals surface area contributed by atoms with Crippen LogP contribution in [0.3, 0.4) is 0 Å². The molecule has 0 aromatic heterocycles. The fourth-order valence-electron chi connectivity index (χ4n) is 2.07. The maximum atomic E-state index is 11.9. The third-order valence-corrected chi connectivity index (χ3v) is 3.36. The molecule has 0 radical (unpaired) electrons. The fourth-order valence-corrected chi connectivity index (χ4v) is 2.07. The van der Waals surface area contributed by atoms with Crippen molar-refractivity contribution in [3.63, 3.8) is 0 Å². The Morgan fingerprint density at radius 2 is 1.70 bits per heavy atom. The molecule has 2 rings (SSSR count). The minimum absolute atomic E-state index is 0.119. The van der Waals surface area contributed by atoms with Crippen LogP contribution >= 0.6 is 0 Å². The number of Topliss-reactive ketones (excluding diaryl/α,β-unsaturated/α-hetero) is 1. The molecule has 118 valence electrons. The summed E-state index contributed by atoms with van der Waals surface area (Å²) in [5, 5.41) is 0. The van der Waals surface area contributed by atoms with E-state index in [1.807, 2.05) is 30.3 Å². The third-order valence-electron chi connectivity index (χ3n) is 3.36. The molecule has 0 fully saturated rings. The Bertz CT molecular complexity index is 670. The molecule has 0 amide bonds. The lowest BCUT2D eigenvalue weighted by molar-refractivity contribution is -0.128. The van der Waals surface area contributed by atoms with Gasteiger partial charge in [-0.1, -0.05) is 43.7 Å². The van der Waals surface area contributed by atoms with Crippen molar-refractivity contribution in [3.05, 3.63) is 71.8 Å². The van der Waals surface area contributed by atoms with Gasteiger partial charge in [-0.25, -0.2) is 4.79 Å². The largest absolute Gasteiger partial charge is 0.423 e. The second kappa shape index (κ2) is 8.69. The fraction of sp³-hybridized carbons (Fsp3) is 0.200. The van der Waals surface area contributed by atoms with E-state index < -0.39 is 5.97 Å². The molecule has 0 aliphatic rings. The quantitative estimate of drug-likeness (QED) is 0.323. The van der Waals surface area contributed by atoms with Crippen molar-refractivity contribution in [2.45, 2.75) is 26.2 Å². The van der Waals surface area contributed by atoms with Gasteiger partial charge < -0.3 is 4.74 Å². The van der Waals surface area contributed by atoms with Crippen LogP contribution in [0.4, 0.5) is 0 Å². The van der Waals surface area contributed by atoms with E-state index in [-0.39, 0.29) is 5.78 Å². The lowest BCUT2D eigenvalue weighted by Gasteiger charge is -2.03. The van der Waals surface area contributed by atoms with Crippen molar-refractivity contribution in [2.24, 2.45) is 0 Å². The Morgan fingerprint density at radius 1 is 1.00 bits per heavy atom. The number of hydrogen-bond donors (Lipinski definition) is 0. The van der Waals surface area contributed by atoms with E-state index in [9.17, 15) is 9.59 Å². The molecule has 2 aromatic rings. The number of ketones is 1. The predicted octanol–water partition coefficient (Wildman–Crippen LogP) is 4.68. The van der Waals surface area contributed by atoms with Crippen molar-refractivity contribution in [2.75, 3.05) is 0 Å². The standard InChI is InChI=1S/C20H20O3/c1-2-3-9-19(21)17-11-13-18(14-12-17)23-20(22)15-10-16-7-5-4-6-8-16/h4-8,10-15H,2-3,9H2,1H3/b15-10+. The first-order chi connectivity index (χ1) is 11.2. The zero-order chi connectivity index (χ0) is 16.5. The molecule has 0 unspecified atom stereocenters. The second-order valence-corrected chi connectivity index (χ2v) is 5.22. The van der Waals surface area contributed by atoms with Gasteiger partial charge in [0.2, 0.25) is 0 Å². The number of unbranched alkanes of at least 4 members (excludes halogenated alkanes) is 1. The van der Waals surface area contributed by atoms with Gasteiger partial charge in [-0.2, -0.15) is 0 Å². The molecular formula is C20H20O3. The van der Waals surface area contributed by atoms with Crippen LogP contribution in [0.25, 0.3) is 6.08 Å². The van der Waals surface area contributed by atoms with Crippen LogP contribution < -0.4 is 4.74 Å². The molecule has 0 aliphatic carbocycles. The van der Waals surface area contributed by atoms with E-state index in [2.05, 4.69) is 6.92 Å². The maximum Gasteiger partial charge on any atom is 0.336 e. The predicted molar refractivity (Wildman–Crippen MR) is 91.4 cm³/mol. The molecular weight excluding hydrogens is 288 g/mol. The van der Waals surface area contributed by atoms with Crippen LogP contribution in [0, 0.1) is 0 Å². The van der Waals surface area contributed by atoms with E-state index in [1.54, 1.807) is 30.3 Å². The van der Waals surface area contributed by atoms with E-state index in [0.717, 1.165) is 18.4 Å². The summed E-state index contributed by atoms with van der Waals surface area (Å²) < 4.78 is 5.21. The first kappa shape index (κ1) is 16.7. The number of esters is 1. The molecule has 0 spiro atoms. The Labute approximate surface area is 136 Å². The van der Waals surface area contributed by atoms with Gasteiger partial charge in [-0.15, -0.1) is 0 Å². The summed E-state index contributed by atoms with van der Waals surface area (Å²) in [5.41, 5.74) is 1.58. The van der Waals surface area contributed by atoms with E-state index in [1.165, 1.54) is 6.08 Å². The Kier molecular flexibility index (Phi) is 6.30. The van der Waals surface area contributed by atoms with E-state index in [4.69, 9.17) is 4.74 Å². The lowest BCUT2D eigenvalue weighted by Crippen LogP contribution is -2.04. The molecule has 0 N–H and O–H groups in total. The number of rotatable bonds is 7. The molecule has 23 heavy (non-hydrogen) atoms. The highest BCUT2D eigenvalue weighted by atomic mass is 16.5. The smallest absolute Gasteiger partial charge is 0.336 e. The number of carbonyl (C=O) groups is 2. The van der Waals surface area contributed by atoms with Crippen LogP contribution in [0.1, 0.15) is 42.1 Å². The maximum absolute atomic E-state index is 11.9. The molecule has 0 saturated carbocycles. The summed E-state index contributed by atoms with van der Waals surface area (Å²) in [4.78, 5) is 23.6. The van der Waals surface area contributed by atoms with Gasteiger partial charge in [0.1, 0.15) is 5.75 Å². The Balaban J connectivity index is 1.91. The number of carbonyl (C=O) groups excluding carboxylic acids is 2. The Morgan fingerprint density at radius 3 is 2.35 bits per heavy atom. The van der Waals surface area contributed by atoms with Gasteiger partial charge in [-0.05, 0) is 42.3 Å². The summed E-state index contributed by atoms with van der Waals surface area (Å²) in [6.07, 6.45) is 5.52. The van der Waals surface area contributed by atoms with Crippen LogP contribution in [0.15, 0.2) is 60.7 Å². The topological polar surface area (TPSA) is 43.4 Å². The summed E-state index contributed by atoms with van der Waals surface area (Å²) in [6.45, 7) is 2.05. The van der Waals surface area contributed by atoms with Crippen molar-refractivity contribution in [1.29, 1.82) is 0 Å². The van der Waals surface area contributed by atoms with Crippen molar-refractivity contribution >= 4 is 17.8 Å². The van der Waals surface area contributed by atoms with Crippen molar-refractivity contribution < 1.29 is 14.3 Å². The minimum Gasteiger partial charge on any atom is -0.423 e. The van der Waals surface area contributed by atoms with Crippen LogP contribution in [0.2, 0.25) is 0 Å². The molecule has 0 bridgehead atoms. The zero-order valence-corrected chi connectivity index (χ0v) is 13.2. The monoisotopic (exact) mass is 308 g/mol. The van der Waals surface area contributed by atoms with Crippen LogP contribution in [0.5, 0.6) is 5.75 Å². The summed E-state index contributed by atoms with van der Waals surface area (Å²) in [5.74, 6) is 0.104. The number of hydrogen-bond acceptors (Lipinski definition) is 3. The van der Waals surface area contributed by atoms with E-state index in [0.29, 0.717) is 17.7 Å². The normalized spacial score (nSPS) is 10.7. The minimum atomic E-state index is -0.445. The summed E-state index contributed by atoms with van der Waals surface area (Å²) in [7, 11) is 0. The van der Waals surface area contributed by atoms with Gasteiger partial charge in [-0.3, -0.25) is 4.79 Å². The summed E-state index contributed by atoms with van der Waals surface area (Å²) in [6, 6.07) is 16.2. The third kappa shape index (κ3) is 5.55. The highest BCUT2D eigenvalue weighted by Crippen LogP contribution is 2.15. The van der Waals surface area contributed by atoms with Gasteiger partial charge in [0.25, 0.3) is 0 Å². The molecule has 0 saturated heterocycles. The highest BCUT2D eigenvalue weighted by molar-refractivity contribution is 5.96. The van der Waals surface area contributed by atoms with Crippen LogP contribution in [-0.2, 0) is 4.79 Å². The van der Waals surface area contributed by atoms with Crippen LogP contribution in [-0.4, -0.2) is 11.8 Å². The van der Waals surface area contributed by atoms with Crippen molar-refractivity contribution in [1.82, 2.24) is 0 Å². The zero-order valence-electron chi connectivity index (χ0n) is 13.2. The molecule has 3 nitrogen and oxygen atoms in total. The number of benzene rings is 2. The lowest BCUT2D eigenvalue weighted by atomic mass is 10.1. The molecule has 0 atom stereocenters. The van der Waals surface area contributed by atoms with Crippen molar-refractivity contribution in [3.8, 4) is 5.75 Å². The van der Waals surface area contributed by atoms with Gasteiger partial charge >= 0.3 is 5.97 Å². The average Bonchev–Trinajstić information content (AvgIpc) is 2.59. The first-order valence-electron chi connectivity index (χ1n) is 7.77. The molecule has 0 heterocycles. The summed E-state index contributed by atoms with van der Waals surface area (Å²) >= 11 is 0. The molecule has 2 aromatic carbocycles. The van der Waals surface area contributed by atoms with E-state index >= 15 is 0 Å². The number of ether oxygens (including phenoxy) is 1. The first-order valence-corrected chi connectivity index (χ1v) is 7.77. The van der Waals surface area contributed by atoms with Gasteiger partial charge in [0, 0.05) is 18.1 Å². The van der Waals surface area contributed by atoms with Gasteiger partial charge in [0.05, 0.1) is 0 Å². The SMILES string of the molecule is CCCCC(=O)c1ccc(OC(=O)/C=C/c2ccccc2)cc1. The second-order valence-electron chi connectivity index (χ2n) is 5.22. The molecule has 0 aliphatic heterocycles. The Hall–Kier alpha value is -2.68. The average molecular weight is 308 g/mol. The highest BCUT2D eigenvalue weighted by Gasteiger charge is 2.06.